The summed E-state index contributed by atoms with van der Waals surface area (Å²) < 4.78 is 5.34. The Kier molecular flexibility index (Phi) is 26.2. The van der Waals surface area contributed by atoms with Crippen molar-refractivity contribution in [2.75, 3.05) is 65.6 Å². The van der Waals surface area contributed by atoms with Crippen LogP contribution in [0.25, 0.3) is 0 Å². The number of aliphatic hydroxyl groups is 2. The summed E-state index contributed by atoms with van der Waals surface area (Å²) in [7, 11) is 0. The molecule has 0 radical (unpaired) electrons. The molecule has 0 saturated carbocycles. The monoisotopic (exact) mass is 588 g/mol. The Labute approximate surface area is 251 Å². The van der Waals surface area contributed by atoms with Gasteiger partial charge in [-0.2, -0.15) is 0 Å². The van der Waals surface area contributed by atoms with Crippen molar-refractivity contribution in [2.24, 2.45) is 0 Å². The molecule has 0 aromatic carbocycles. The fourth-order valence-corrected chi connectivity index (χ4v) is 4.91. The fraction of sp³-hybridized carbons (Fsp3) is 0.903. The van der Waals surface area contributed by atoms with E-state index in [-0.39, 0.29) is 29.9 Å². The third-order valence-corrected chi connectivity index (χ3v) is 7.22. The van der Waals surface area contributed by atoms with Crippen LogP contribution in [-0.4, -0.2) is 131 Å². The zero-order valence-corrected chi connectivity index (χ0v) is 27.9. The van der Waals surface area contributed by atoms with E-state index < -0.39 is 0 Å². The van der Waals surface area contributed by atoms with E-state index in [9.17, 15) is 14.4 Å². The van der Waals surface area contributed by atoms with Crippen molar-refractivity contribution in [2.45, 2.75) is 119 Å². The Morgan fingerprint density at radius 2 is 0.976 bits per heavy atom. The van der Waals surface area contributed by atoms with Gasteiger partial charge in [-0.05, 0) is 38.5 Å². The molecule has 1 unspecified atom stereocenters. The van der Waals surface area contributed by atoms with E-state index in [4.69, 9.17) is 14.9 Å². The van der Waals surface area contributed by atoms with Gasteiger partial charge in [-0.25, -0.2) is 0 Å². The van der Waals surface area contributed by atoms with Crippen molar-refractivity contribution in [3.05, 3.63) is 0 Å². The lowest BCUT2D eigenvalue weighted by atomic mass is 10.0. The summed E-state index contributed by atoms with van der Waals surface area (Å²) in [5, 5.41) is 18.2. The van der Waals surface area contributed by atoms with Crippen molar-refractivity contribution in [1.29, 1.82) is 0 Å². The number of hydrogen-bond donors (Lipinski definition) is 2. The van der Waals surface area contributed by atoms with Crippen molar-refractivity contribution >= 4 is 17.7 Å². The molecule has 2 N–H and O–H groups in total. The minimum absolute atomic E-state index is 0.0683. The van der Waals surface area contributed by atoms with E-state index in [1.807, 2.05) is 46.4 Å². The second-order valence-corrected chi connectivity index (χ2v) is 9.88. The number of amides is 3. The molecule has 41 heavy (non-hydrogen) atoms. The molecule has 1 atom stereocenters. The zero-order chi connectivity index (χ0) is 31.8. The van der Waals surface area contributed by atoms with Crippen LogP contribution in [0, 0.1) is 0 Å². The Balaban J connectivity index is 0. The van der Waals surface area contributed by atoms with Gasteiger partial charge in [0.15, 0.2) is 0 Å². The topological polar surface area (TPSA) is 114 Å². The molecule has 4 aliphatic rings. The summed E-state index contributed by atoms with van der Waals surface area (Å²) in [4.78, 5) is 40.6. The molecule has 0 aromatic rings. The highest BCUT2D eigenvalue weighted by molar-refractivity contribution is 5.74. The van der Waals surface area contributed by atoms with Gasteiger partial charge in [-0.1, -0.05) is 41.5 Å². The molecule has 4 aliphatic heterocycles. The van der Waals surface area contributed by atoms with Crippen LogP contribution in [0.15, 0.2) is 0 Å². The van der Waals surface area contributed by atoms with Gasteiger partial charge < -0.3 is 29.6 Å². The van der Waals surface area contributed by atoms with Crippen LogP contribution >= 0.6 is 0 Å². The normalized spacial score (nSPS) is 21.4. The van der Waals surface area contributed by atoms with Gasteiger partial charge in [0, 0.05) is 79.2 Å². The van der Waals surface area contributed by atoms with Gasteiger partial charge in [-0.15, -0.1) is 0 Å². The largest absolute Gasteiger partial charge is 0.393 e. The lowest BCUT2D eigenvalue weighted by Crippen LogP contribution is -2.49. The van der Waals surface area contributed by atoms with Gasteiger partial charge in [0.2, 0.25) is 17.7 Å². The first-order chi connectivity index (χ1) is 19.7. The molecule has 0 bridgehead atoms. The van der Waals surface area contributed by atoms with Crippen molar-refractivity contribution < 1.29 is 29.3 Å². The third-order valence-electron chi connectivity index (χ3n) is 7.22. The second-order valence-electron chi connectivity index (χ2n) is 9.88. The number of rotatable bonds is 1. The number of carbonyl (C=O) groups excluding carboxylic acids is 3. The molecule has 244 valence electrons. The van der Waals surface area contributed by atoms with Gasteiger partial charge in [-0.3, -0.25) is 19.3 Å². The second kappa shape index (κ2) is 25.9. The molecule has 4 saturated heterocycles. The summed E-state index contributed by atoms with van der Waals surface area (Å²) in [5.41, 5.74) is 0. The number of β-amino-alcohol motifs (C(OH)–C–C–N with tert-alkyl or cyclic N) is 1. The molecule has 10 nitrogen and oxygen atoms in total. The zero-order valence-electron chi connectivity index (χ0n) is 27.9. The Morgan fingerprint density at radius 3 is 1.34 bits per heavy atom. The van der Waals surface area contributed by atoms with Gasteiger partial charge in [0.1, 0.15) is 0 Å². The van der Waals surface area contributed by atoms with Crippen molar-refractivity contribution in [3.8, 4) is 0 Å². The molecule has 4 rings (SSSR count). The molecule has 3 amide bonds. The molecule has 0 aliphatic carbocycles. The number of piperidine rings is 3. The lowest BCUT2D eigenvalue weighted by Gasteiger charge is -2.39. The predicted octanol–water partition coefficient (Wildman–Crippen LogP) is 3.39. The van der Waals surface area contributed by atoms with Crippen molar-refractivity contribution in [1.82, 2.24) is 19.6 Å². The third kappa shape index (κ3) is 18.4. The SMILES string of the molecule is CC.CC.CC.CC(=O)N1CCC(N2CCOCC2)CC1.CC(=O)N1CCC(O)CC1.CC(=O)N1CCCC(O)C1. The Bertz CT molecular complexity index is 659. The average molecular weight is 589 g/mol. The van der Waals surface area contributed by atoms with E-state index in [0.717, 1.165) is 97.6 Å². The van der Waals surface area contributed by atoms with E-state index in [1.54, 1.807) is 23.6 Å². The number of carbonyl (C=O) groups is 3. The van der Waals surface area contributed by atoms with E-state index in [0.29, 0.717) is 12.6 Å². The van der Waals surface area contributed by atoms with E-state index in [2.05, 4.69) is 4.90 Å². The summed E-state index contributed by atoms with van der Waals surface area (Å²) in [6.45, 7) is 25.3. The van der Waals surface area contributed by atoms with Gasteiger partial charge in [0.05, 0.1) is 25.4 Å². The van der Waals surface area contributed by atoms with Crippen LogP contribution in [0.5, 0.6) is 0 Å². The van der Waals surface area contributed by atoms with Crippen LogP contribution in [0.4, 0.5) is 0 Å². The number of nitrogens with zero attached hydrogens (tertiary/aromatic N) is 4. The molecule has 0 spiro atoms. The average Bonchev–Trinajstić information content (AvgIpc) is 3.01. The van der Waals surface area contributed by atoms with Gasteiger partial charge in [0.25, 0.3) is 0 Å². The Morgan fingerprint density at radius 1 is 0.561 bits per heavy atom. The standard InChI is InChI=1S/C11H20N2O2.2C7H13NO2.3C2H6/c1-10(14)12-4-2-11(3-5-12)13-6-8-15-9-7-13;1-6(9)8-4-2-7(10)3-5-8;1-6(9)8-4-2-3-7(10)5-8;3*1-2/h11H,2-9H2,1H3;2*7,10H,2-5H2,1H3;3*1-2H3. The molecule has 0 aromatic heterocycles. The highest BCUT2D eigenvalue weighted by Gasteiger charge is 2.26. The quantitative estimate of drug-likeness (QED) is 0.483. The minimum Gasteiger partial charge on any atom is -0.393 e. The van der Waals surface area contributed by atoms with Crippen LogP contribution in [-0.2, 0) is 19.1 Å². The number of morpholine rings is 1. The summed E-state index contributed by atoms with van der Waals surface area (Å²) in [6, 6.07) is 0.671. The van der Waals surface area contributed by atoms with E-state index in [1.165, 1.54) is 6.92 Å². The molecular weight excluding hydrogens is 524 g/mol. The lowest BCUT2D eigenvalue weighted by molar-refractivity contribution is -0.132. The summed E-state index contributed by atoms with van der Waals surface area (Å²) in [6.07, 6.45) is 5.01. The smallest absolute Gasteiger partial charge is 0.219 e. The number of likely N-dealkylation sites (tertiary alicyclic amines) is 3. The minimum atomic E-state index is -0.294. The summed E-state index contributed by atoms with van der Waals surface area (Å²) >= 11 is 0. The molecule has 10 heteroatoms. The molecule has 4 heterocycles. The van der Waals surface area contributed by atoms with Crippen LogP contribution < -0.4 is 0 Å². The Hall–Kier alpha value is -1.75. The van der Waals surface area contributed by atoms with E-state index >= 15 is 0 Å². The first-order valence-electron chi connectivity index (χ1n) is 16.1. The number of ether oxygens (including phenoxy) is 1. The van der Waals surface area contributed by atoms with Crippen molar-refractivity contribution in [3.63, 3.8) is 0 Å². The number of hydrogen-bond acceptors (Lipinski definition) is 7. The molecule has 4 fully saturated rings. The highest BCUT2D eigenvalue weighted by Crippen LogP contribution is 2.17. The predicted molar refractivity (Wildman–Crippen MR) is 167 cm³/mol. The molecular formula is C31H64N4O6. The number of aliphatic hydroxyl groups excluding tert-OH is 2. The van der Waals surface area contributed by atoms with Crippen LogP contribution in [0.3, 0.4) is 0 Å². The van der Waals surface area contributed by atoms with Crippen LogP contribution in [0.1, 0.15) is 101 Å². The maximum Gasteiger partial charge on any atom is 0.219 e. The maximum absolute atomic E-state index is 11.2. The van der Waals surface area contributed by atoms with Gasteiger partial charge >= 0.3 is 0 Å². The van der Waals surface area contributed by atoms with Crippen LogP contribution in [0.2, 0.25) is 0 Å². The first kappa shape index (κ1) is 41.4. The highest BCUT2D eigenvalue weighted by atomic mass is 16.5. The fourth-order valence-electron chi connectivity index (χ4n) is 4.91. The maximum atomic E-state index is 11.2. The first-order valence-corrected chi connectivity index (χ1v) is 16.1. The summed E-state index contributed by atoms with van der Waals surface area (Å²) in [5.74, 6) is 0.404.